The maximum atomic E-state index is 10.8. The molecule has 0 spiro atoms. The van der Waals surface area contributed by atoms with Crippen molar-refractivity contribution in [3.63, 3.8) is 0 Å². The average molecular weight is 170 g/mol. The van der Waals surface area contributed by atoms with Gasteiger partial charge in [0.25, 0.3) is 0 Å². The molecule has 0 aliphatic heterocycles. The summed E-state index contributed by atoms with van der Waals surface area (Å²) >= 11 is 0. The van der Waals surface area contributed by atoms with Crippen molar-refractivity contribution < 1.29 is 14.6 Å². The molecular weight excluding hydrogens is 156 g/mol. The van der Waals surface area contributed by atoms with Crippen LogP contribution in [-0.2, 0) is 9.53 Å². The number of ether oxygens (including phenoxy) is 1. The molecule has 0 heterocycles. The Morgan fingerprint density at radius 2 is 2.08 bits per heavy atom. The van der Waals surface area contributed by atoms with Crippen LogP contribution in [0.5, 0.6) is 0 Å². The number of carbonyl (C=O) groups is 1. The predicted molar refractivity (Wildman–Crippen MR) is 46.8 cm³/mol. The molecule has 0 amide bonds. The Hall–Kier alpha value is -1.25. The Balaban J connectivity index is 3.38. The highest BCUT2D eigenvalue weighted by atomic mass is 16.5. The zero-order valence-corrected chi connectivity index (χ0v) is 7.30. The topological polar surface area (TPSA) is 46.5 Å². The molecule has 3 heteroatoms. The average Bonchev–Trinajstić information content (AvgIpc) is 1.97. The van der Waals surface area contributed by atoms with Gasteiger partial charge in [-0.05, 0) is 13.3 Å². The van der Waals surface area contributed by atoms with Crippen molar-refractivity contribution in [2.75, 3.05) is 6.61 Å². The first-order valence-corrected chi connectivity index (χ1v) is 3.73. The second kappa shape index (κ2) is 5.41. The van der Waals surface area contributed by atoms with Crippen LogP contribution in [-0.4, -0.2) is 17.7 Å². The van der Waals surface area contributed by atoms with Crippen LogP contribution >= 0.6 is 0 Å². The van der Waals surface area contributed by atoms with Gasteiger partial charge in [-0.25, -0.2) is 4.79 Å². The molecule has 0 bridgehead atoms. The van der Waals surface area contributed by atoms with E-state index in [1.807, 2.05) is 0 Å². The molecule has 0 atom stereocenters. The Morgan fingerprint density at radius 1 is 1.50 bits per heavy atom. The van der Waals surface area contributed by atoms with Gasteiger partial charge in [-0.3, -0.25) is 0 Å². The van der Waals surface area contributed by atoms with E-state index < -0.39 is 5.97 Å². The second-order valence-electron chi connectivity index (χ2n) is 2.59. The Kier molecular flexibility index (Phi) is 4.84. The molecule has 3 nitrogen and oxygen atoms in total. The summed E-state index contributed by atoms with van der Waals surface area (Å²) in [4.78, 5) is 10.8. The van der Waals surface area contributed by atoms with E-state index in [1.54, 1.807) is 6.92 Å². The largest absolute Gasteiger partial charge is 0.513 e. The molecule has 0 radical (unpaired) electrons. The van der Waals surface area contributed by atoms with E-state index in [2.05, 4.69) is 13.2 Å². The molecule has 12 heavy (non-hydrogen) atoms. The minimum atomic E-state index is -0.390. The molecule has 0 aliphatic rings. The van der Waals surface area contributed by atoms with Gasteiger partial charge in [0.15, 0.2) is 0 Å². The van der Waals surface area contributed by atoms with Gasteiger partial charge in [0.1, 0.15) is 0 Å². The van der Waals surface area contributed by atoms with E-state index in [9.17, 15) is 4.79 Å². The Labute approximate surface area is 72.3 Å². The first-order chi connectivity index (χ1) is 5.54. The van der Waals surface area contributed by atoms with Gasteiger partial charge >= 0.3 is 5.97 Å². The lowest BCUT2D eigenvalue weighted by Crippen LogP contribution is -2.06. The fourth-order valence-electron chi connectivity index (χ4n) is 0.564. The molecule has 0 saturated heterocycles. The van der Waals surface area contributed by atoms with Gasteiger partial charge in [0, 0.05) is 12.0 Å². The lowest BCUT2D eigenvalue weighted by Gasteiger charge is -2.02. The summed E-state index contributed by atoms with van der Waals surface area (Å²) < 4.78 is 4.76. The van der Waals surface area contributed by atoms with Crippen molar-refractivity contribution in [2.24, 2.45) is 0 Å². The van der Waals surface area contributed by atoms with E-state index in [1.165, 1.54) is 0 Å². The molecule has 0 aliphatic carbocycles. The number of hydrogen-bond donors (Lipinski definition) is 1. The molecule has 0 aromatic carbocycles. The van der Waals surface area contributed by atoms with Gasteiger partial charge < -0.3 is 9.84 Å². The fourth-order valence-corrected chi connectivity index (χ4v) is 0.564. The molecule has 0 fully saturated rings. The predicted octanol–water partition coefficient (Wildman–Crippen LogP) is 1.96. The van der Waals surface area contributed by atoms with Crippen molar-refractivity contribution >= 4 is 5.97 Å². The van der Waals surface area contributed by atoms with Crippen LogP contribution in [0.2, 0.25) is 0 Å². The molecule has 0 aromatic rings. The van der Waals surface area contributed by atoms with E-state index in [-0.39, 0.29) is 5.76 Å². The quantitative estimate of drug-likeness (QED) is 0.297. The molecule has 68 valence electrons. The summed E-state index contributed by atoms with van der Waals surface area (Å²) in [5, 5.41) is 8.67. The monoisotopic (exact) mass is 170 g/mol. The molecule has 0 rings (SSSR count). The van der Waals surface area contributed by atoms with Crippen molar-refractivity contribution in [2.45, 2.75) is 19.8 Å². The molecule has 0 saturated carbocycles. The van der Waals surface area contributed by atoms with Gasteiger partial charge in [-0.2, -0.15) is 0 Å². The lowest BCUT2D eigenvalue weighted by molar-refractivity contribution is -0.139. The maximum Gasteiger partial charge on any atom is 0.333 e. The summed E-state index contributed by atoms with van der Waals surface area (Å²) in [5.74, 6) is -0.278. The number of carbonyl (C=O) groups excluding carboxylic acids is 1. The first kappa shape index (κ1) is 10.8. The summed E-state index contributed by atoms with van der Waals surface area (Å²) in [7, 11) is 0. The summed E-state index contributed by atoms with van der Waals surface area (Å²) in [6, 6.07) is 0. The minimum absolute atomic E-state index is 0.112. The second-order valence-corrected chi connectivity index (χ2v) is 2.59. The third kappa shape index (κ3) is 5.53. The van der Waals surface area contributed by atoms with Crippen LogP contribution in [0.15, 0.2) is 24.5 Å². The van der Waals surface area contributed by atoms with Crippen LogP contribution < -0.4 is 0 Å². The number of esters is 1. The van der Waals surface area contributed by atoms with Crippen LogP contribution in [0.25, 0.3) is 0 Å². The van der Waals surface area contributed by atoms with Crippen LogP contribution in [0.1, 0.15) is 19.8 Å². The van der Waals surface area contributed by atoms with E-state index in [4.69, 9.17) is 9.84 Å². The molecule has 0 aromatic heterocycles. The van der Waals surface area contributed by atoms with Crippen molar-refractivity contribution in [1.29, 1.82) is 0 Å². The third-order valence-corrected chi connectivity index (χ3v) is 1.19. The number of allylic oxidation sites excluding steroid dienone is 1. The van der Waals surface area contributed by atoms with E-state index in [0.29, 0.717) is 25.0 Å². The Morgan fingerprint density at radius 3 is 2.50 bits per heavy atom. The van der Waals surface area contributed by atoms with Gasteiger partial charge in [-0.15, -0.1) is 0 Å². The highest BCUT2D eigenvalue weighted by Crippen LogP contribution is 1.99. The van der Waals surface area contributed by atoms with E-state index in [0.717, 1.165) is 0 Å². The standard InChI is InChI=1S/C9H14O3/c1-7(2)9(11)12-6-4-5-8(3)10/h10H,1,3-6H2,2H3. The zero-order valence-electron chi connectivity index (χ0n) is 7.30. The number of aliphatic hydroxyl groups is 1. The molecular formula is C9H14O3. The van der Waals surface area contributed by atoms with Gasteiger partial charge in [-0.1, -0.05) is 13.2 Å². The minimum Gasteiger partial charge on any atom is -0.513 e. The van der Waals surface area contributed by atoms with Gasteiger partial charge in [0.05, 0.1) is 12.4 Å². The first-order valence-electron chi connectivity index (χ1n) is 3.73. The normalized spacial score (nSPS) is 9.08. The van der Waals surface area contributed by atoms with Crippen molar-refractivity contribution in [1.82, 2.24) is 0 Å². The zero-order chi connectivity index (χ0) is 9.56. The maximum absolute atomic E-state index is 10.8. The van der Waals surface area contributed by atoms with Gasteiger partial charge in [0.2, 0.25) is 0 Å². The molecule has 1 N–H and O–H groups in total. The lowest BCUT2D eigenvalue weighted by atomic mass is 10.3. The summed E-state index contributed by atoms with van der Waals surface area (Å²) in [6.07, 6.45) is 1.05. The third-order valence-electron chi connectivity index (χ3n) is 1.19. The van der Waals surface area contributed by atoms with Crippen molar-refractivity contribution in [3.8, 4) is 0 Å². The Bertz CT molecular complexity index is 194. The number of aliphatic hydroxyl groups excluding tert-OH is 1. The van der Waals surface area contributed by atoms with Crippen LogP contribution in [0.4, 0.5) is 0 Å². The van der Waals surface area contributed by atoms with E-state index >= 15 is 0 Å². The highest BCUT2D eigenvalue weighted by Gasteiger charge is 2.01. The smallest absolute Gasteiger partial charge is 0.333 e. The highest BCUT2D eigenvalue weighted by molar-refractivity contribution is 5.86. The number of hydrogen-bond acceptors (Lipinski definition) is 3. The van der Waals surface area contributed by atoms with Crippen LogP contribution in [0, 0.1) is 0 Å². The fraction of sp³-hybridized carbons (Fsp3) is 0.444. The molecule has 0 unspecified atom stereocenters. The van der Waals surface area contributed by atoms with Crippen molar-refractivity contribution in [3.05, 3.63) is 24.5 Å². The SMILES string of the molecule is C=C(O)CCCOC(=O)C(=C)C. The summed E-state index contributed by atoms with van der Waals surface area (Å²) in [5.41, 5.74) is 0.387. The number of rotatable bonds is 5. The van der Waals surface area contributed by atoms with Crippen LogP contribution in [0.3, 0.4) is 0 Å². The summed E-state index contributed by atoms with van der Waals surface area (Å²) in [6.45, 7) is 8.62.